The van der Waals surface area contributed by atoms with Crippen LogP contribution in [0.15, 0.2) is 0 Å². The molecule has 1 N–H and O–H groups in total. The van der Waals surface area contributed by atoms with Gasteiger partial charge in [-0.3, -0.25) is 0 Å². The molecule has 1 aliphatic heterocycles. The van der Waals surface area contributed by atoms with Gasteiger partial charge in [0.1, 0.15) is 0 Å². The molecule has 0 saturated carbocycles. The summed E-state index contributed by atoms with van der Waals surface area (Å²) in [5, 5.41) is 8.38. The van der Waals surface area contributed by atoms with Crippen LogP contribution in [0.2, 0.25) is 0 Å². The molecule has 0 spiro atoms. The number of carboxylic acids is 1. The quantitative estimate of drug-likeness (QED) is 0.702. The first-order chi connectivity index (χ1) is 7.09. The second-order valence-electron chi connectivity index (χ2n) is 4.38. The minimum absolute atomic E-state index is 0.590. The molecule has 1 rings (SSSR count). The molecule has 0 unspecified atom stereocenters. The van der Waals surface area contributed by atoms with Crippen molar-refractivity contribution in [3.8, 4) is 11.8 Å². The lowest BCUT2D eigenvalue weighted by Gasteiger charge is -2.33. The molecule has 3 nitrogen and oxygen atoms in total. The molecule has 0 aliphatic carbocycles. The van der Waals surface area contributed by atoms with E-state index in [-0.39, 0.29) is 0 Å². The molecule has 0 radical (unpaired) electrons. The summed E-state index contributed by atoms with van der Waals surface area (Å²) < 4.78 is 0. The van der Waals surface area contributed by atoms with Gasteiger partial charge in [0, 0.05) is 18.4 Å². The number of hydrogen-bond acceptors (Lipinski definition) is 2. The first-order valence-electron chi connectivity index (χ1n) is 5.55. The van der Waals surface area contributed by atoms with Gasteiger partial charge in [-0.2, -0.15) is 0 Å². The highest BCUT2D eigenvalue weighted by molar-refractivity contribution is 5.86. The molecule has 0 bridgehead atoms. The first kappa shape index (κ1) is 12.1. The lowest BCUT2D eigenvalue weighted by molar-refractivity contribution is -0.130. The number of likely N-dealkylation sites (tertiary alicyclic amines) is 1. The first-order valence-corrected chi connectivity index (χ1v) is 5.55. The van der Waals surface area contributed by atoms with Crippen LogP contribution < -0.4 is 0 Å². The number of carboxylic acid groups (broad SMARTS) is 1. The summed E-state index contributed by atoms with van der Waals surface area (Å²) in [6, 6.07) is 0.621. The highest BCUT2D eigenvalue weighted by Gasteiger charge is 2.19. The standard InChI is InChI=1S/C12H19NO2/c1-10(2)13-8-6-11(7-9-13)4-3-5-12(14)15/h10-11H,4,6-9H2,1-2H3,(H,14,15). The molecule has 1 aliphatic rings. The number of rotatable bonds is 2. The topological polar surface area (TPSA) is 40.5 Å². The number of piperidine rings is 1. The predicted molar refractivity (Wildman–Crippen MR) is 59.5 cm³/mol. The summed E-state index contributed by atoms with van der Waals surface area (Å²) in [6.07, 6.45) is 3.02. The molecule has 15 heavy (non-hydrogen) atoms. The zero-order valence-corrected chi connectivity index (χ0v) is 9.49. The fourth-order valence-corrected chi connectivity index (χ4v) is 1.94. The summed E-state index contributed by atoms with van der Waals surface area (Å²) in [5.74, 6) is 4.48. The molecule has 84 valence electrons. The Kier molecular flexibility index (Phi) is 4.64. The molecule has 0 aromatic rings. The van der Waals surface area contributed by atoms with E-state index < -0.39 is 5.97 Å². The van der Waals surface area contributed by atoms with Gasteiger partial charge in [0.25, 0.3) is 0 Å². The van der Waals surface area contributed by atoms with E-state index in [0.29, 0.717) is 12.0 Å². The number of carbonyl (C=O) groups is 1. The maximum absolute atomic E-state index is 10.2. The van der Waals surface area contributed by atoms with Gasteiger partial charge in [-0.15, -0.1) is 0 Å². The Hall–Kier alpha value is -1.01. The van der Waals surface area contributed by atoms with Crippen molar-refractivity contribution < 1.29 is 9.90 Å². The molecule has 0 aromatic carbocycles. The SMILES string of the molecule is CC(C)N1CCC(CC#CC(=O)O)CC1. The van der Waals surface area contributed by atoms with E-state index in [0.717, 1.165) is 32.4 Å². The van der Waals surface area contributed by atoms with E-state index in [1.165, 1.54) is 0 Å². The molecule has 0 aromatic heterocycles. The van der Waals surface area contributed by atoms with Gasteiger partial charge in [0.2, 0.25) is 0 Å². The normalized spacial score (nSPS) is 18.6. The van der Waals surface area contributed by atoms with Crippen molar-refractivity contribution in [2.45, 2.75) is 39.2 Å². The maximum atomic E-state index is 10.2. The van der Waals surface area contributed by atoms with Gasteiger partial charge in [0.15, 0.2) is 0 Å². The van der Waals surface area contributed by atoms with E-state index in [4.69, 9.17) is 5.11 Å². The fraction of sp³-hybridized carbons (Fsp3) is 0.750. The van der Waals surface area contributed by atoms with Crippen LogP contribution in [0.4, 0.5) is 0 Å². The molecule has 3 heteroatoms. The highest BCUT2D eigenvalue weighted by Crippen LogP contribution is 2.21. The van der Waals surface area contributed by atoms with Crippen LogP contribution in [0.1, 0.15) is 33.1 Å². The minimum Gasteiger partial charge on any atom is -0.472 e. The molecule has 0 amide bonds. The zero-order valence-electron chi connectivity index (χ0n) is 9.49. The third-order valence-corrected chi connectivity index (χ3v) is 2.97. The molecular formula is C12H19NO2. The van der Waals surface area contributed by atoms with Gasteiger partial charge in [0.05, 0.1) is 0 Å². The Labute approximate surface area is 91.5 Å². The summed E-state index contributed by atoms with van der Waals surface area (Å²) in [5.41, 5.74) is 0. The van der Waals surface area contributed by atoms with Crippen LogP contribution in [0.25, 0.3) is 0 Å². The lowest BCUT2D eigenvalue weighted by Crippen LogP contribution is -2.38. The summed E-state index contributed by atoms with van der Waals surface area (Å²) in [4.78, 5) is 12.7. The van der Waals surface area contributed by atoms with E-state index in [9.17, 15) is 4.79 Å². The van der Waals surface area contributed by atoms with Gasteiger partial charge in [-0.25, -0.2) is 4.79 Å². The average Bonchev–Trinajstić information content (AvgIpc) is 2.18. The Bertz CT molecular complexity index is 267. The molecule has 0 atom stereocenters. The Morgan fingerprint density at radius 2 is 2.07 bits per heavy atom. The second-order valence-corrected chi connectivity index (χ2v) is 4.38. The summed E-state index contributed by atoms with van der Waals surface area (Å²) in [7, 11) is 0. The largest absolute Gasteiger partial charge is 0.472 e. The molecule has 1 fully saturated rings. The lowest BCUT2D eigenvalue weighted by atomic mass is 9.93. The second kappa shape index (κ2) is 5.77. The third-order valence-electron chi connectivity index (χ3n) is 2.97. The van der Waals surface area contributed by atoms with Gasteiger partial charge < -0.3 is 10.0 Å². The van der Waals surface area contributed by atoms with Crippen LogP contribution in [0.3, 0.4) is 0 Å². The third kappa shape index (κ3) is 4.35. The predicted octanol–water partition coefficient (Wildman–Crippen LogP) is 1.58. The number of hydrogen-bond donors (Lipinski definition) is 1. The van der Waals surface area contributed by atoms with Crippen LogP contribution in [0.5, 0.6) is 0 Å². The fourth-order valence-electron chi connectivity index (χ4n) is 1.94. The smallest absolute Gasteiger partial charge is 0.381 e. The minimum atomic E-state index is -1.02. The maximum Gasteiger partial charge on any atom is 0.381 e. The monoisotopic (exact) mass is 209 g/mol. The van der Waals surface area contributed by atoms with Gasteiger partial charge >= 0.3 is 5.97 Å². The van der Waals surface area contributed by atoms with E-state index in [1.54, 1.807) is 0 Å². The summed E-state index contributed by atoms with van der Waals surface area (Å²) in [6.45, 7) is 6.67. The Balaban J connectivity index is 2.27. The van der Waals surface area contributed by atoms with Crippen LogP contribution in [0, 0.1) is 17.8 Å². The molecular weight excluding hydrogens is 190 g/mol. The van der Waals surface area contributed by atoms with Crippen molar-refractivity contribution in [3.63, 3.8) is 0 Å². The van der Waals surface area contributed by atoms with Crippen LogP contribution in [-0.4, -0.2) is 35.1 Å². The van der Waals surface area contributed by atoms with Crippen molar-refractivity contribution in [2.24, 2.45) is 5.92 Å². The Morgan fingerprint density at radius 3 is 2.53 bits per heavy atom. The number of nitrogens with zero attached hydrogens (tertiary/aromatic N) is 1. The molecule has 1 heterocycles. The van der Waals surface area contributed by atoms with Crippen molar-refractivity contribution in [1.29, 1.82) is 0 Å². The average molecular weight is 209 g/mol. The molecule has 1 saturated heterocycles. The van der Waals surface area contributed by atoms with Crippen LogP contribution >= 0.6 is 0 Å². The van der Waals surface area contributed by atoms with E-state index >= 15 is 0 Å². The van der Waals surface area contributed by atoms with Gasteiger partial charge in [-0.05, 0) is 45.7 Å². The van der Waals surface area contributed by atoms with Crippen molar-refractivity contribution >= 4 is 5.97 Å². The van der Waals surface area contributed by atoms with Crippen molar-refractivity contribution in [3.05, 3.63) is 0 Å². The van der Waals surface area contributed by atoms with Gasteiger partial charge in [-0.1, -0.05) is 5.92 Å². The van der Waals surface area contributed by atoms with Crippen molar-refractivity contribution in [1.82, 2.24) is 4.90 Å². The van der Waals surface area contributed by atoms with E-state index in [1.807, 2.05) is 0 Å². The summed E-state index contributed by atoms with van der Waals surface area (Å²) >= 11 is 0. The highest BCUT2D eigenvalue weighted by atomic mass is 16.4. The zero-order chi connectivity index (χ0) is 11.3. The van der Waals surface area contributed by atoms with E-state index in [2.05, 4.69) is 30.6 Å². The van der Waals surface area contributed by atoms with Crippen LogP contribution in [-0.2, 0) is 4.79 Å². The van der Waals surface area contributed by atoms with Crippen molar-refractivity contribution in [2.75, 3.05) is 13.1 Å². The Morgan fingerprint density at radius 1 is 1.47 bits per heavy atom. The number of aliphatic carboxylic acids is 1.